The second kappa shape index (κ2) is 8.39. The van der Waals surface area contributed by atoms with Crippen LogP contribution in [-0.2, 0) is 11.3 Å². The van der Waals surface area contributed by atoms with Crippen LogP contribution in [0.25, 0.3) is 6.08 Å². The highest BCUT2D eigenvalue weighted by Gasteiger charge is 2.38. The van der Waals surface area contributed by atoms with Crippen molar-refractivity contribution in [3.05, 3.63) is 69.9 Å². The Balaban J connectivity index is 1.62. The lowest BCUT2D eigenvalue weighted by atomic mass is 9.79. The van der Waals surface area contributed by atoms with Crippen LogP contribution in [0.3, 0.4) is 0 Å². The van der Waals surface area contributed by atoms with E-state index in [-0.39, 0.29) is 23.2 Å². The van der Waals surface area contributed by atoms with Gasteiger partial charge in [0.05, 0.1) is 11.4 Å². The number of carbonyl (C=O) groups is 2. The quantitative estimate of drug-likeness (QED) is 0.493. The lowest BCUT2D eigenvalue weighted by Crippen LogP contribution is -2.51. The van der Waals surface area contributed by atoms with Crippen molar-refractivity contribution in [2.24, 2.45) is 0 Å². The second-order valence-electron chi connectivity index (χ2n) is 9.56. The van der Waals surface area contributed by atoms with Crippen LogP contribution in [0, 0.1) is 5.82 Å². The van der Waals surface area contributed by atoms with Crippen LogP contribution in [0.2, 0.25) is 0 Å². The fraction of sp³-hybridized carbons (Fsp3) is 0.385. The number of imide groups is 1. The Morgan fingerprint density at radius 2 is 1.91 bits per heavy atom. The highest BCUT2D eigenvalue weighted by molar-refractivity contribution is 8.18. The zero-order chi connectivity index (χ0) is 23.2. The number of rotatable bonds is 4. The Labute approximate surface area is 193 Å². The molecule has 1 unspecified atom stereocenters. The maximum atomic E-state index is 14.0. The van der Waals surface area contributed by atoms with Crippen molar-refractivity contribution in [3.8, 4) is 0 Å². The van der Waals surface area contributed by atoms with Gasteiger partial charge in [-0.25, -0.2) is 4.39 Å². The summed E-state index contributed by atoms with van der Waals surface area (Å²) in [6.45, 7) is 11.2. The smallest absolute Gasteiger partial charge is 0.293 e. The lowest BCUT2D eigenvalue weighted by Gasteiger charge is -2.50. The number of hydrogen-bond acceptors (Lipinski definition) is 4. The predicted molar refractivity (Wildman–Crippen MR) is 129 cm³/mol. The number of benzene rings is 2. The molecule has 1 atom stereocenters. The zero-order valence-corrected chi connectivity index (χ0v) is 20.0. The van der Waals surface area contributed by atoms with Crippen molar-refractivity contribution in [1.82, 2.24) is 4.90 Å². The minimum Gasteiger partial charge on any atom is -0.364 e. The first-order chi connectivity index (χ1) is 15.1. The number of hydrogen-bond donors (Lipinski definition) is 0. The Bertz CT molecular complexity index is 1110. The first-order valence-electron chi connectivity index (χ1n) is 11.0. The summed E-state index contributed by atoms with van der Waals surface area (Å²) < 4.78 is 14.0. The topological polar surface area (TPSA) is 40.6 Å². The molecule has 1 fully saturated rings. The normalized spacial score (nSPS) is 21.6. The van der Waals surface area contributed by atoms with Crippen LogP contribution in [0.15, 0.2) is 47.4 Å². The van der Waals surface area contributed by atoms with Gasteiger partial charge in [0, 0.05) is 22.8 Å². The third kappa shape index (κ3) is 4.08. The maximum absolute atomic E-state index is 14.0. The highest BCUT2D eigenvalue weighted by Crippen LogP contribution is 2.45. The molecule has 4 nitrogen and oxygen atoms in total. The third-order valence-corrected chi connectivity index (χ3v) is 7.18. The average molecular weight is 453 g/mol. The molecule has 4 rings (SSSR count). The second-order valence-corrected chi connectivity index (χ2v) is 10.6. The van der Waals surface area contributed by atoms with Gasteiger partial charge in [0.2, 0.25) is 0 Å². The van der Waals surface area contributed by atoms with Crippen molar-refractivity contribution in [2.45, 2.75) is 65.1 Å². The Kier molecular flexibility index (Phi) is 5.93. The van der Waals surface area contributed by atoms with Crippen LogP contribution in [0.4, 0.5) is 14.9 Å². The molecule has 0 radical (unpaired) electrons. The Morgan fingerprint density at radius 1 is 1.19 bits per heavy atom. The summed E-state index contributed by atoms with van der Waals surface area (Å²) in [6.07, 6.45) is 2.82. The van der Waals surface area contributed by atoms with E-state index in [4.69, 9.17) is 0 Å². The molecule has 0 bridgehead atoms. The van der Waals surface area contributed by atoms with Crippen molar-refractivity contribution >= 4 is 34.7 Å². The molecule has 2 aliphatic heterocycles. The van der Waals surface area contributed by atoms with Gasteiger partial charge in [0.15, 0.2) is 0 Å². The molecular formula is C26H29FN2O2S. The third-order valence-electron chi connectivity index (χ3n) is 6.27. The number of anilines is 1. The molecule has 2 aliphatic rings. The van der Waals surface area contributed by atoms with Gasteiger partial charge in [-0.2, -0.15) is 0 Å². The fourth-order valence-electron chi connectivity index (χ4n) is 5.12. The summed E-state index contributed by atoms with van der Waals surface area (Å²) in [5.41, 5.74) is 3.79. The van der Waals surface area contributed by atoms with Gasteiger partial charge >= 0.3 is 0 Å². The molecule has 0 saturated carbocycles. The molecule has 0 spiro atoms. The van der Waals surface area contributed by atoms with E-state index in [1.165, 1.54) is 17.3 Å². The van der Waals surface area contributed by atoms with E-state index in [0.717, 1.165) is 28.6 Å². The number of nitrogens with zero attached hydrogens (tertiary/aromatic N) is 2. The molecular weight excluding hydrogens is 423 g/mol. The van der Waals surface area contributed by atoms with Crippen molar-refractivity contribution in [2.75, 3.05) is 4.90 Å². The summed E-state index contributed by atoms with van der Waals surface area (Å²) in [7, 11) is 0. The molecule has 2 aromatic carbocycles. The van der Waals surface area contributed by atoms with E-state index in [9.17, 15) is 14.0 Å². The number of amides is 2. The number of carbonyl (C=O) groups excluding carboxylic acids is 2. The van der Waals surface area contributed by atoms with Gasteiger partial charge in [0.25, 0.3) is 11.1 Å². The maximum Gasteiger partial charge on any atom is 0.293 e. The van der Waals surface area contributed by atoms with Gasteiger partial charge in [-0.3, -0.25) is 14.5 Å². The lowest BCUT2D eigenvalue weighted by molar-refractivity contribution is -0.123. The summed E-state index contributed by atoms with van der Waals surface area (Å²) in [4.78, 5) is 29.3. The van der Waals surface area contributed by atoms with Crippen LogP contribution >= 0.6 is 11.8 Å². The molecule has 2 amide bonds. The van der Waals surface area contributed by atoms with Gasteiger partial charge in [-0.05, 0) is 87.2 Å². The monoisotopic (exact) mass is 452 g/mol. The predicted octanol–water partition coefficient (Wildman–Crippen LogP) is 6.56. The van der Waals surface area contributed by atoms with Gasteiger partial charge in [-0.15, -0.1) is 0 Å². The molecule has 32 heavy (non-hydrogen) atoms. The minimum atomic E-state index is -0.420. The molecule has 6 heteroatoms. The van der Waals surface area contributed by atoms with E-state index < -0.39 is 5.82 Å². The van der Waals surface area contributed by atoms with E-state index in [1.54, 1.807) is 24.3 Å². The summed E-state index contributed by atoms with van der Waals surface area (Å²) in [6, 6.07) is 12.9. The first kappa shape index (κ1) is 22.6. The van der Waals surface area contributed by atoms with Crippen LogP contribution in [0.5, 0.6) is 0 Å². The summed E-state index contributed by atoms with van der Waals surface area (Å²) in [5, 5.41) is -0.372. The largest absolute Gasteiger partial charge is 0.364 e. The number of halogens is 1. The van der Waals surface area contributed by atoms with E-state index in [1.807, 2.05) is 6.07 Å². The minimum absolute atomic E-state index is 0.0612. The van der Waals surface area contributed by atoms with E-state index >= 15 is 0 Å². The molecule has 0 N–H and O–H groups in total. The first-order valence-corrected chi connectivity index (χ1v) is 11.8. The standard InChI is InChI=1S/C26H29FN2O2S/c1-16(2)29-22-11-10-18(12-20(22)17(3)14-26(29,4)5)13-23-24(30)28(25(31)32-23)15-19-8-6-7-9-21(19)27/h6-13,16-17H,14-15H2,1-5H3/b23-13-. The van der Waals surface area contributed by atoms with Crippen LogP contribution < -0.4 is 4.90 Å². The average Bonchev–Trinajstić information content (AvgIpc) is 2.96. The molecule has 0 aromatic heterocycles. The number of fused-ring (bicyclic) bond motifs is 1. The molecule has 0 aliphatic carbocycles. The van der Waals surface area contributed by atoms with E-state index in [0.29, 0.717) is 22.4 Å². The number of thioether (sulfide) groups is 1. The van der Waals surface area contributed by atoms with Gasteiger partial charge < -0.3 is 4.90 Å². The van der Waals surface area contributed by atoms with Crippen molar-refractivity contribution in [1.29, 1.82) is 0 Å². The van der Waals surface area contributed by atoms with Crippen molar-refractivity contribution in [3.63, 3.8) is 0 Å². The molecule has 168 valence electrons. The Morgan fingerprint density at radius 3 is 2.59 bits per heavy atom. The summed E-state index contributed by atoms with van der Waals surface area (Å²) >= 11 is 0.911. The summed E-state index contributed by atoms with van der Waals surface area (Å²) in [5.74, 6) is -0.407. The van der Waals surface area contributed by atoms with E-state index in [2.05, 4.69) is 51.7 Å². The van der Waals surface area contributed by atoms with Crippen molar-refractivity contribution < 1.29 is 14.0 Å². The molecule has 2 aromatic rings. The Hall–Kier alpha value is -2.60. The highest BCUT2D eigenvalue weighted by atomic mass is 32.2. The van der Waals surface area contributed by atoms with Gasteiger partial charge in [0.1, 0.15) is 5.82 Å². The molecule has 2 heterocycles. The van der Waals surface area contributed by atoms with Gasteiger partial charge in [-0.1, -0.05) is 31.2 Å². The molecule has 1 saturated heterocycles. The van der Waals surface area contributed by atoms with Crippen LogP contribution in [0.1, 0.15) is 63.6 Å². The fourth-order valence-corrected chi connectivity index (χ4v) is 5.96. The van der Waals surface area contributed by atoms with Crippen LogP contribution in [-0.4, -0.2) is 27.6 Å². The SMILES string of the molecule is CC1CC(C)(C)N(C(C)C)c2ccc(/C=C3\SC(=O)N(Cc4ccccc4F)C3=O)cc21. The zero-order valence-electron chi connectivity index (χ0n) is 19.2.